The van der Waals surface area contributed by atoms with E-state index in [-0.39, 0.29) is 48.0 Å². The first kappa shape index (κ1) is 24.4. The maximum absolute atomic E-state index is 15.3. The minimum Gasteiger partial charge on any atom is -0.490 e. The second-order valence-corrected chi connectivity index (χ2v) is 13.3. The molecule has 2 aliphatic rings. The lowest BCUT2D eigenvalue weighted by Gasteiger charge is -2.50. The summed E-state index contributed by atoms with van der Waals surface area (Å²) in [6, 6.07) is 7.23. The van der Waals surface area contributed by atoms with Crippen LogP contribution in [0.15, 0.2) is 41.3 Å². The lowest BCUT2D eigenvalue weighted by atomic mass is 9.75. The predicted molar refractivity (Wildman–Crippen MR) is 119 cm³/mol. The third kappa shape index (κ3) is 4.05. The van der Waals surface area contributed by atoms with Crippen molar-refractivity contribution in [2.75, 3.05) is 24.7 Å². The summed E-state index contributed by atoms with van der Waals surface area (Å²) in [6.07, 6.45) is -0.983. The smallest absolute Gasteiger partial charge is 0.189 e. The summed E-state index contributed by atoms with van der Waals surface area (Å²) in [5.74, 6) is -3.46. The summed E-state index contributed by atoms with van der Waals surface area (Å²) < 4.78 is 91.8. The Labute approximate surface area is 196 Å². The number of ether oxygens (including phenoxy) is 2. The maximum atomic E-state index is 15.3. The normalized spacial score (nSPS) is 25.1. The van der Waals surface area contributed by atoms with Gasteiger partial charge in [-0.25, -0.2) is 25.6 Å². The van der Waals surface area contributed by atoms with Crippen molar-refractivity contribution in [3.8, 4) is 5.75 Å². The van der Waals surface area contributed by atoms with Gasteiger partial charge in [-0.2, -0.15) is 0 Å². The molecule has 0 N–H and O–H groups in total. The van der Waals surface area contributed by atoms with Crippen LogP contribution in [-0.4, -0.2) is 47.7 Å². The van der Waals surface area contributed by atoms with Crippen molar-refractivity contribution in [3.63, 3.8) is 0 Å². The van der Waals surface area contributed by atoms with E-state index in [1.54, 1.807) is 0 Å². The van der Waals surface area contributed by atoms with Crippen molar-refractivity contribution in [1.29, 1.82) is 0 Å². The Balaban J connectivity index is 1.92. The molecule has 2 aromatic rings. The monoisotopic (exact) mass is 520 g/mol. The largest absolute Gasteiger partial charge is 0.490 e. The van der Waals surface area contributed by atoms with Gasteiger partial charge in [0.25, 0.3) is 0 Å². The molecule has 11 heteroatoms. The molecule has 0 bridgehead atoms. The lowest BCUT2D eigenvalue weighted by molar-refractivity contribution is -0.0732. The van der Waals surface area contributed by atoms with Crippen molar-refractivity contribution < 1.29 is 35.1 Å². The van der Waals surface area contributed by atoms with E-state index in [1.165, 1.54) is 31.2 Å². The summed E-state index contributed by atoms with van der Waals surface area (Å²) in [4.78, 5) is -0.102. The number of benzene rings is 2. The SMILES string of the molecule is CCS(=O)(=O)CC[C@@H]1OCCC2(S(=O)(=O)c3ccc(Cl)cc3)c3c(F)ccc(F)c3OC[C@@H]12. The molecule has 1 fully saturated rings. The molecule has 2 aliphatic heterocycles. The number of rotatable bonds is 6. The first-order chi connectivity index (χ1) is 15.5. The van der Waals surface area contributed by atoms with E-state index < -0.39 is 53.8 Å². The van der Waals surface area contributed by atoms with E-state index in [0.717, 1.165) is 12.1 Å². The number of hydrogen-bond acceptors (Lipinski definition) is 6. The zero-order chi connectivity index (χ0) is 24.0. The fourth-order valence-corrected chi connectivity index (χ4v) is 8.12. The van der Waals surface area contributed by atoms with Gasteiger partial charge in [0.2, 0.25) is 0 Å². The van der Waals surface area contributed by atoms with E-state index in [9.17, 15) is 21.2 Å². The van der Waals surface area contributed by atoms with Gasteiger partial charge >= 0.3 is 0 Å². The van der Waals surface area contributed by atoms with Gasteiger partial charge in [0.05, 0.1) is 28.9 Å². The highest BCUT2D eigenvalue weighted by Gasteiger charge is 2.61. The Morgan fingerprint density at radius 3 is 2.39 bits per heavy atom. The standard InChI is InChI=1S/C22H23ClF2O6S2/c1-2-32(26,27)12-9-19-16-13-31-21-18(25)8-7-17(24)20(21)22(16,10-11-30-19)33(28,29)15-5-3-14(23)4-6-15/h3-8,16,19H,2,9-13H2,1H3/t16-,19-,22?/m0/s1. The zero-order valence-electron chi connectivity index (χ0n) is 17.8. The average molecular weight is 521 g/mol. The minimum atomic E-state index is -4.32. The minimum absolute atomic E-state index is 0.00829. The van der Waals surface area contributed by atoms with E-state index >= 15 is 4.39 Å². The Hall–Kier alpha value is -1.75. The Bertz CT molecular complexity index is 1260. The first-order valence-electron chi connectivity index (χ1n) is 10.5. The summed E-state index contributed by atoms with van der Waals surface area (Å²) >= 11 is 5.93. The zero-order valence-corrected chi connectivity index (χ0v) is 20.2. The fraction of sp³-hybridized carbons (Fsp3) is 0.455. The van der Waals surface area contributed by atoms with Crippen molar-refractivity contribution in [2.24, 2.45) is 5.92 Å². The topological polar surface area (TPSA) is 86.7 Å². The van der Waals surface area contributed by atoms with Gasteiger partial charge in [0.1, 0.15) is 20.4 Å². The molecule has 0 amide bonds. The third-order valence-corrected chi connectivity index (χ3v) is 11.1. The van der Waals surface area contributed by atoms with Crippen LogP contribution < -0.4 is 4.74 Å². The number of hydrogen-bond donors (Lipinski definition) is 0. The van der Waals surface area contributed by atoms with Crippen LogP contribution in [0.25, 0.3) is 0 Å². The van der Waals surface area contributed by atoms with Gasteiger partial charge in [-0.3, -0.25) is 0 Å². The van der Waals surface area contributed by atoms with Crippen LogP contribution in [0.2, 0.25) is 5.02 Å². The van der Waals surface area contributed by atoms with Crippen LogP contribution in [0, 0.1) is 17.6 Å². The van der Waals surface area contributed by atoms with E-state index in [0.29, 0.717) is 5.02 Å². The molecule has 0 radical (unpaired) electrons. The van der Waals surface area contributed by atoms with E-state index in [4.69, 9.17) is 21.1 Å². The van der Waals surface area contributed by atoms with Crippen LogP contribution in [-0.2, 0) is 29.2 Å². The molecule has 3 atom stereocenters. The number of fused-ring (bicyclic) bond motifs is 3. The van der Waals surface area contributed by atoms with Crippen LogP contribution in [0.4, 0.5) is 8.78 Å². The Morgan fingerprint density at radius 2 is 1.73 bits per heavy atom. The van der Waals surface area contributed by atoms with Gasteiger partial charge in [-0.05, 0) is 49.2 Å². The first-order valence-corrected chi connectivity index (χ1v) is 14.2. The lowest BCUT2D eigenvalue weighted by Crippen LogP contribution is -2.57. The highest BCUT2D eigenvalue weighted by molar-refractivity contribution is 7.92. The third-order valence-electron chi connectivity index (χ3n) is 6.50. The van der Waals surface area contributed by atoms with Crippen molar-refractivity contribution in [1.82, 2.24) is 0 Å². The predicted octanol–water partition coefficient (Wildman–Crippen LogP) is 3.91. The molecule has 0 spiro atoms. The maximum Gasteiger partial charge on any atom is 0.189 e. The number of sulfone groups is 2. The van der Waals surface area contributed by atoms with Crippen molar-refractivity contribution in [2.45, 2.75) is 35.5 Å². The average Bonchev–Trinajstić information content (AvgIpc) is 2.79. The molecule has 33 heavy (non-hydrogen) atoms. The van der Waals surface area contributed by atoms with Crippen molar-refractivity contribution in [3.05, 3.63) is 58.6 Å². The van der Waals surface area contributed by atoms with Gasteiger partial charge in [-0.15, -0.1) is 0 Å². The van der Waals surface area contributed by atoms with Gasteiger partial charge in [0, 0.05) is 23.3 Å². The molecular formula is C22H23ClF2O6S2. The summed E-state index contributed by atoms with van der Waals surface area (Å²) in [5, 5.41) is 0.322. The molecule has 180 valence electrons. The fourth-order valence-electron chi connectivity index (χ4n) is 4.77. The van der Waals surface area contributed by atoms with Crippen LogP contribution in [0.3, 0.4) is 0 Å². The Morgan fingerprint density at radius 1 is 1.06 bits per heavy atom. The van der Waals surface area contributed by atoms with Crippen LogP contribution >= 0.6 is 11.6 Å². The van der Waals surface area contributed by atoms with Gasteiger partial charge < -0.3 is 9.47 Å². The van der Waals surface area contributed by atoms with Crippen molar-refractivity contribution >= 4 is 31.3 Å². The second-order valence-electron chi connectivity index (χ2n) is 8.18. The second kappa shape index (κ2) is 8.79. The van der Waals surface area contributed by atoms with Crippen LogP contribution in [0.5, 0.6) is 5.75 Å². The molecular weight excluding hydrogens is 498 g/mol. The summed E-state index contributed by atoms with van der Waals surface area (Å²) in [5.41, 5.74) is -0.375. The van der Waals surface area contributed by atoms with Gasteiger partial charge in [0.15, 0.2) is 21.4 Å². The molecule has 1 unspecified atom stereocenters. The number of halogens is 3. The molecule has 0 aliphatic carbocycles. The summed E-state index contributed by atoms with van der Waals surface area (Å²) in [6.45, 7) is 1.18. The Kier molecular flexibility index (Phi) is 6.50. The van der Waals surface area contributed by atoms with Gasteiger partial charge in [-0.1, -0.05) is 18.5 Å². The molecule has 2 aromatic carbocycles. The highest BCUT2D eigenvalue weighted by atomic mass is 35.5. The molecule has 1 saturated heterocycles. The molecule has 6 nitrogen and oxygen atoms in total. The van der Waals surface area contributed by atoms with E-state index in [2.05, 4.69) is 0 Å². The molecule has 0 saturated carbocycles. The quantitative estimate of drug-likeness (QED) is 0.574. The van der Waals surface area contributed by atoms with Crippen LogP contribution in [0.1, 0.15) is 25.3 Å². The molecule has 0 aromatic heterocycles. The highest BCUT2D eigenvalue weighted by Crippen LogP contribution is 2.55. The molecule has 2 heterocycles. The van der Waals surface area contributed by atoms with E-state index in [1.807, 2.05) is 0 Å². The summed E-state index contributed by atoms with van der Waals surface area (Å²) in [7, 11) is -7.68. The molecule has 4 rings (SSSR count).